The summed E-state index contributed by atoms with van der Waals surface area (Å²) in [5.41, 5.74) is 15.4. The molecule has 0 unspecified atom stereocenters. The molecule has 0 aliphatic carbocycles. The van der Waals surface area contributed by atoms with E-state index in [0.717, 1.165) is 77.8 Å². The zero-order valence-electron chi connectivity index (χ0n) is 30.5. The Morgan fingerprint density at radius 1 is 0.268 bits per heavy atom. The van der Waals surface area contributed by atoms with Crippen LogP contribution >= 0.6 is 0 Å². The molecule has 0 radical (unpaired) electrons. The molecular weight excluding hydrogens is 679 g/mol. The van der Waals surface area contributed by atoms with Crippen LogP contribution in [0.3, 0.4) is 0 Å². The predicted octanol–water partition coefficient (Wildman–Crippen LogP) is 13.8. The molecule has 10 aromatic rings. The fraction of sp³-hybridized carbons (Fsp3) is 0. The van der Waals surface area contributed by atoms with Gasteiger partial charge in [-0.05, 0) is 121 Å². The van der Waals surface area contributed by atoms with Crippen LogP contribution in [-0.4, -0.2) is 15.0 Å². The number of fused-ring (bicyclic) bond motifs is 2. The molecule has 0 spiro atoms. The van der Waals surface area contributed by atoms with E-state index in [1.807, 2.05) is 24.8 Å². The Kier molecular flexibility index (Phi) is 8.51. The molecule has 3 nitrogen and oxygen atoms in total. The lowest BCUT2D eigenvalue weighted by atomic mass is 9.89. The average Bonchev–Trinajstić information content (AvgIpc) is 3.29. The summed E-state index contributed by atoms with van der Waals surface area (Å²) in [5, 5.41) is 4.55. The standard InChI is InChI=1S/C53H35N3/c1-3-11-36(12-4-1)38-15-7-17-40(27-38)52-32-45(33-53(56-52)41-18-8-16-39(28-41)37-13-5-2-6-14-37)44-29-46(48-21-9-19-42-34-54-25-23-50(42)48)31-47(30-44)49-22-10-20-43-35-55-26-24-51(43)49/h1-35H. The zero-order chi connectivity index (χ0) is 37.3. The van der Waals surface area contributed by atoms with Gasteiger partial charge in [-0.1, -0.05) is 133 Å². The van der Waals surface area contributed by atoms with Crippen molar-refractivity contribution in [2.45, 2.75) is 0 Å². The van der Waals surface area contributed by atoms with Gasteiger partial charge in [0.15, 0.2) is 0 Å². The Balaban J connectivity index is 1.22. The van der Waals surface area contributed by atoms with Crippen molar-refractivity contribution in [3.05, 3.63) is 213 Å². The van der Waals surface area contributed by atoms with Gasteiger partial charge in [-0.2, -0.15) is 0 Å². The predicted molar refractivity (Wildman–Crippen MR) is 233 cm³/mol. The number of benzene rings is 7. The van der Waals surface area contributed by atoms with E-state index in [1.165, 1.54) is 21.9 Å². The Bertz CT molecular complexity index is 2820. The molecule has 56 heavy (non-hydrogen) atoms. The van der Waals surface area contributed by atoms with Crippen LogP contribution in [-0.2, 0) is 0 Å². The van der Waals surface area contributed by atoms with Crippen LogP contribution in [0.15, 0.2) is 213 Å². The summed E-state index contributed by atoms with van der Waals surface area (Å²) >= 11 is 0. The molecule has 0 bridgehead atoms. The Morgan fingerprint density at radius 2 is 0.661 bits per heavy atom. The summed E-state index contributed by atoms with van der Waals surface area (Å²) in [6, 6.07) is 67.1. The molecule has 262 valence electrons. The highest BCUT2D eigenvalue weighted by Crippen LogP contribution is 2.40. The summed E-state index contributed by atoms with van der Waals surface area (Å²) in [6.45, 7) is 0. The molecule has 0 aliphatic rings. The van der Waals surface area contributed by atoms with Crippen LogP contribution in [0.1, 0.15) is 0 Å². The molecule has 7 aromatic carbocycles. The van der Waals surface area contributed by atoms with Crippen LogP contribution in [0.4, 0.5) is 0 Å². The number of hydrogen-bond acceptors (Lipinski definition) is 3. The minimum atomic E-state index is 0.916. The second kappa shape index (κ2) is 14.4. The molecule has 0 fully saturated rings. The van der Waals surface area contributed by atoms with Crippen molar-refractivity contribution in [2.24, 2.45) is 0 Å². The lowest BCUT2D eigenvalue weighted by molar-refractivity contribution is 1.32. The van der Waals surface area contributed by atoms with E-state index in [0.29, 0.717) is 0 Å². The summed E-state index contributed by atoms with van der Waals surface area (Å²) in [6.07, 6.45) is 7.64. The highest BCUT2D eigenvalue weighted by Gasteiger charge is 2.15. The molecule has 0 atom stereocenters. The van der Waals surface area contributed by atoms with Gasteiger partial charge in [0.05, 0.1) is 11.4 Å². The van der Waals surface area contributed by atoms with Crippen molar-refractivity contribution in [3.8, 4) is 78.1 Å². The third-order valence-electron chi connectivity index (χ3n) is 10.6. The minimum absolute atomic E-state index is 0.916. The first-order chi connectivity index (χ1) is 27.7. The second-order valence-electron chi connectivity index (χ2n) is 14.1. The summed E-state index contributed by atoms with van der Waals surface area (Å²) in [4.78, 5) is 14.3. The second-order valence-corrected chi connectivity index (χ2v) is 14.1. The summed E-state index contributed by atoms with van der Waals surface area (Å²) < 4.78 is 0. The quantitative estimate of drug-likeness (QED) is 0.165. The van der Waals surface area contributed by atoms with E-state index in [1.54, 1.807) is 0 Å². The third kappa shape index (κ3) is 6.42. The molecule has 0 saturated heterocycles. The molecule has 3 heterocycles. The summed E-state index contributed by atoms with van der Waals surface area (Å²) in [7, 11) is 0. The normalized spacial score (nSPS) is 11.2. The fourth-order valence-corrected chi connectivity index (χ4v) is 7.82. The molecule has 3 aromatic heterocycles. The van der Waals surface area contributed by atoms with Gasteiger partial charge in [0.25, 0.3) is 0 Å². The number of aromatic nitrogens is 3. The highest BCUT2D eigenvalue weighted by molar-refractivity contribution is 6.01. The maximum Gasteiger partial charge on any atom is 0.0715 e. The first-order valence-electron chi connectivity index (χ1n) is 18.9. The largest absolute Gasteiger partial charge is 0.264 e. The zero-order valence-corrected chi connectivity index (χ0v) is 30.5. The van der Waals surface area contributed by atoms with E-state index in [9.17, 15) is 0 Å². The van der Waals surface area contributed by atoms with Crippen LogP contribution in [0.2, 0.25) is 0 Å². The van der Waals surface area contributed by atoms with Crippen molar-refractivity contribution < 1.29 is 0 Å². The lowest BCUT2D eigenvalue weighted by Crippen LogP contribution is -1.93. The number of nitrogens with zero attached hydrogens (tertiary/aromatic N) is 3. The van der Waals surface area contributed by atoms with Gasteiger partial charge in [-0.3, -0.25) is 9.97 Å². The smallest absolute Gasteiger partial charge is 0.0715 e. The van der Waals surface area contributed by atoms with Gasteiger partial charge in [-0.15, -0.1) is 0 Å². The van der Waals surface area contributed by atoms with Crippen LogP contribution in [0, 0.1) is 0 Å². The Morgan fingerprint density at radius 3 is 1.16 bits per heavy atom. The van der Waals surface area contributed by atoms with E-state index >= 15 is 0 Å². The van der Waals surface area contributed by atoms with E-state index in [2.05, 4.69) is 198 Å². The topological polar surface area (TPSA) is 38.7 Å². The molecule has 0 amide bonds. The Labute approximate surface area is 326 Å². The van der Waals surface area contributed by atoms with Crippen LogP contribution in [0.5, 0.6) is 0 Å². The van der Waals surface area contributed by atoms with Crippen molar-refractivity contribution >= 4 is 21.5 Å². The van der Waals surface area contributed by atoms with Gasteiger partial charge in [0.1, 0.15) is 0 Å². The van der Waals surface area contributed by atoms with Gasteiger partial charge >= 0.3 is 0 Å². The monoisotopic (exact) mass is 713 g/mol. The van der Waals surface area contributed by atoms with Crippen molar-refractivity contribution in [1.82, 2.24) is 15.0 Å². The fourth-order valence-electron chi connectivity index (χ4n) is 7.82. The molecule has 0 N–H and O–H groups in total. The summed E-state index contributed by atoms with van der Waals surface area (Å²) in [5.74, 6) is 0. The Hall–Kier alpha value is -7.49. The van der Waals surface area contributed by atoms with Gasteiger partial charge in [0.2, 0.25) is 0 Å². The van der Waals surface area contributed by atoms with Gasteiger partial charge < -0.3 is 0 Å². The van der Waals surface area contributed by atoms with E-state index in [-0.39, 0.29) is 0 Å². The van der Waals surface area contributed by atoms with Gasteiger partial charge in [-0.25, -0.2) is 4.98 Å². The van der Waals surface area contributed by atoms with E-state index in [4.69, 9.17) is 4.98 Å². The van der Waals surface area contributed by atoms with Gasteiger partial charge in [0, 0.05) is 46.7 Å². The molecule has 0 saturated carbocycles. The first-order valence-corrected chi connectivity index (χ1v) is 18.9. The van der Waals surface area contributed by atoms with Crippen molar-refractivity contribution in [2.75, 3.05) is 0 Å². The average molecular weight is 714 g/mol. The van der Waals surface area contributed by atoms with Crippen molar-refractivity contribution in [1.29, 1.82) is 0 Å². The highest BCUT2D eigenvalue weighted by atomic mass is 14.7. The molecule has 3 heteroatoms. The molecule has 10 rings (SSSR count). The minimum Gasteiger partial charge on any atom is -0.264 e. The van der Waals surface area contributed by atoms with E-state index < -0.39 is 0 Å². The van der Waals surface area contributed by atoms with Crippen molar-refractivity contribution in [3.63, 3.8) is 0 Å². The lowest BCUT2D eigenvalue weighted by Gasteiger charge is -2.16. The SMILES string of the molecule is c1ccc(-c2cccc(-c3cc(-c4cc(-c5cccc6cnccc56)cc(-c5cccc6cnccc56)c4)cc(-c4cccc(-c5ccccc5)c4)n3)c2)cc1. The number of rotatable bonds is 7. The molecule has 0 aliphatic heterocycles. The number of hydrogen-bond donors (Lipinski definition) is 0. The first kappa shape index (κ1) is 33.1. The maximum atomic E-state index is 5.40. The maximum absolute atomic E-state index is 5.40. The number of pyridine rings is 3. The molecular formula is C53H35N3. The van der Waals surface area contributed by atoms with Crippen LogP contribution < -0.4 is 0 Å². The third-order valence-corrected chi connectivity index (χ3v) is 10.6. The van der Waals surface area contributed by atoms with Crippen LogP contribution in [0.25, 0.3) is 99.7 Å².